The Kier molecular flexibility index (Phi) is 3.79. The zero-order chi connectivity index (χ0) is 12.3. The number of ether oxygens (including phenoxy) is 1. The lowest BCUT2D eigenvalue weighted by atomic mass is 9.80. The second kappa shape index (κ2) is 5.15. The van der Waals surface area contributed by atoms with E-state index in [1.165, 1.54) is 18.6 Å². The van der Waals surface area contributed by atoms with E-state index in [-0.39, 0.29) is 17.5 Å². The average molecular weight is 237 g/mol. The third kappa shape index (κ3) is 2.85. The number of hydrogen-bond acceptors (Lipinski definition) is 2. The van der Waals surface area contributed by atoms with Crippen LogP contribution in [0, 0.1) is 5.82 Å². The highest BCUT2D eigenvalue weighted by Gasteiger charge is 2.36. The Balaban J connectivity index is 1.88. The maximum absolute atomic E-state index is 12.8. The average Bonchev–Trinajstić information content (AvgIpc) is 2.29. The minimum Gasteiger partial charge on any atom is -0.377 e. The van der Waals surface area contributed by atoms with E-state index < -0.39 is 0 Å². The van der Waals surface area contributed by atoms with Crippen molar-refractivity contribution in [1.82, 2.24) is 5.32 Å². The fourth-order valence-electron chi connectivity index (χ4n) is 2.23. The zero-order valence-electron chi connectivity index (χ0n) is 10.5. The molecule has 1 aromatic rings. The first-order valence-electron chi connectivity index (χ1n) is 6.19. The monoisotopic (exact) mass is 237 g/mol. The molecule has 0 aliphatic heterocycles. The van der Waals surface area contributed by atoms with E-state index in [0.717, 1.165) is 24.9 Å². The first-order valence-corrected chi connectivity index (χ1v) is 6.19. The molecule has 0 aromatic heterocycles. The van der Waals surface area contributed by atoms with Crippen molar-refractivity contribution in [1.29, 1.82) is 0 Å². The van der Waals surface area contributed by atoms with Gasteiger partial charge in [-0.2, -0.15) is 0 Å². The maximum Gasteiger partial charge on any atom is 0.123 e. The Labute approximate surface area is 102 Å². The molecule has 0 radical (unpaired) electrons. The minimum absolute atomic E-state index is 0.0360. The quantitative estimate of drug-likeness (QED) is 0.850. The van der Waals surface area contributed by atoms with Crippen LogP contribution in [0.2, 0.25) is 0 Å². The smallest absolute Gasteiger partial charge is 0.123 e. The van der Waals surface area contributed by atoms with E-state index >= 15 is 0 Å². The van der Waals surface area contributed by atoms with E-state index in [0.29, 0.717) is 0 Å². The molecule has 17 heavy (non-hydrogen) atoms. The molecule has 3 heteroatoms. The van der Waals surface area contributed by atoms with Crippen LogP contribution in [0.25, 0.3) is 0 Å². The molecule has 1 aliphatic carbocycles. The standard InChI is InChI=1S/C14H20FNO/c1-11(12-4-6-13(15)7-5-12)16-10-14(17-2)8-3-9-14/h4-7,11,16H,3,8-10H2,1-2H3. The molecule has 0 bridgehead atoms. The van der Waals surface area contributed by atoms with Gasteiger partial charge in [0.25, 0.3) is 0 Å². The summed E-state index contributed by atoms with van der Waals surface area (Å²) in [6, 6.07) is 6.88. The SMILES string of the molecule is COC1(CNC(C)c2ccc(F)cc2)CCC1. The molecule has 1 N–H and O–H groups in total. The Hall–Kier alpha value is -0.930. The van der Waals surface area contributed by atoms with E-state index in [4.69, 9.17) is 4.74 Å². The van der Waals surface area contributed by atoms with Gasteiger partial charge in [0.1, 0.15) is 5.82 Å². The highest BCUT2D eigenvalue weighted by molar-refractivity contribution is 5.19. The predicted octanol–water partition coefficient (Wildman–Crippen LogP) is 3.05. The van der Waals surface area contributed by atoms with Gasteiger partial charge < -0.3 is 10.1 Å². The highest BCUT2D eigenvalue weighted by atomic mass is 19.1. The van der Waals surface area contributed by atoms with Crippen molar-refractivity contribution in [3.05, 3.63) is 35.6 Å². The van der Waals surface area contributed by atoms with Crippen LogP contribution in [0.1, 0.15) is 37.8 Å². The van der Waals surface area contributed by atoms with Crippen LogP contribution in [-0.2, 0) is 4.74 Å². The van der Waals surface area contributed by atoms with E-state index in [1.807, 2.05) is 12.1 Å². The first-order chi connectivity index (χ1) is 8.15. The number of methoxy groups -OCH3 is 1. The van der Waals surface area contributed by atoms with Crippen LogP contribution in [0.4, 0.5) is 4.39 Å². The molecule has 1 unspecified atom stereocenters. The number of halogens is 1. The lowest BCUT2D eigenvalue weighted by molar-refractivity contribution is -0.0706. The Morgan fingerprint density at radius 1 is 1.35 bits per heavy atom. The number of hydrogen-bond donors (Lipinski definition) is 1. The van der Waals surface area contributed by atoms with Gasteiger partial charge in [0.15, 0.2) is 0 Å². The summed E-state index contributed by atoms with van der Waals surface area (Å²) < 4.78 is 18.4. The summed E-state index contributed by atoms with van der Waals surface area (Å²) in [6.07, 6.45) is 3.51. The summed E-state index contributed by atoms with van der Waals surface area (Å²) >= 11 is 0. The number of benzene rings is 1. The van der Waals surface area contributed by atoms with E-state index in [9.17, 15) is 4.39 Å². The van der Waals surface area contributed by atoms with Crippen LogP contribution >= 0.6 is 0 Å². The van der Waals surface area contributed by atoms with Crippen molar-refractivity contribution in [3.8, 4) is 0 Å². The summed E-state index contributed by atoms with van der Waals surface area (Å²) in [5, 5.41) is 3.46. The van der Waals surface area contributed by atoms with Gasteiger partial charge in [-0.1, -0.05) is 12.1 Å². The molecule has 2 nitrogen and oxygen atoms in total. The fourth-order valence-corrected chi connectivity index (χ4v) is 2.23. The lowest BCUT2D eigenvalue weighted by Crippen LogP contribution is -2.48. The topological polar surface area (TPSA) is 21.3 Å². The third-order valence-corrected chi connectivity index (χ3v) is 3.80. The lowest BCUT2D eigenvalue weighted by Gasteiger charge is -2.41. The van der Waals surface area contributed by atoms with Crippen LogP contribution in [0.15, 0.2) is 24.3 Å². The number of nitrogens with one attached hydrogen (secondary N) is 1. The first kappa shape index (κ1) is 12.5. The molecule has 0 saturated heterocycles. The van der Waals surface area contributed by atoms with Crippen LogP contribution in [0.3, 0.4) is 0 Å². The summed E-state index contributed by atoms with van der Waals surface area (Å²) in [4.78, 5) is 0. The minimum atomic E-state index is -0.187. The van der Waals surface area contributed by atoms with Crippen molar-refractivity contribution < 1.29 is 9.13 Å². The molecule has 1 saturated carbocycles. The third-order valence-electron chi connectivity index (χ3n) is 3.80. The predicted molar refractivity (Wildman–Crippen MR) is 66.4 cm³/mol. The number of rotatable bonds is 5. The molecule has 0 heterocycles. The van der Waals surface area contributed by atoms with Gasteiger partial charge in [0.05, 0.1) is 5.60 Å². The molecular weight excluding hydrogens is 217 g/mol. The molecule has 0 amide bonds. The summed E-state index contributed by atoms with van der Waals surface area (Å²) in [5.41, 5.74) is 1.14. The van der Waals surface area contributed by atoms with Gasteiger partial charge in [0.2, 0.25) is 0 Å². The molecule has 1 fully saturated rings. The maximum atomic E-state index is 12.8. The molecule has 1 aliphatic rings. The van der Waals surface area contributed by atoms with Gasteiger partial charge in [0, 0.05) is 19.7 Å². The van der Waals surface area contributed by atoms with Crippen LogP contribution in [0.5, 0.6) is 0 Å². The summed E-state index contributed by atoms with van der Waals surface area (Å²) in [5.74, 6) is -0.187. The fraction of sp³-hybridized carbons (Fsp3) is 0.571. The molecule has 94 valence electrons. The molecular formula is C14H20FNO. The van der Waals surface area contributed by atoms with Gasteiger partial charge >= 0.3 is 0 Å². The Morgan fingerprint density at radius 3 is 2.47 bits per heavy atom. The van der Waals surface area contributed by atoms with Gasteiger partial charge in [-0.25, -0.2) is 4.39 Å². The van der Waals surface area contributed by atoms with Gasteiger partial charge in [-0.15, -0.1) is 0 Å². The highest BCUT2D eigenvalue weighted by Crippen LogP contribution is 2.34. The summed E-state index contributed by atoms with van der Waals surface area (Å²) in [7, 11) is 1.78. The molecule has 0 spiro atoms. The van der Waals surface area contributed by atoms with E-state index in [1.54, 1.807) is 7.11 Å². The Morgan fingerprint density at radius 2 is 2.00 bits per heavy atom. The van der Waals surface area contributed by atoms with Crippen molar-refractivity contribution >= 4 is 0 Å². The Bertz CT molecular complexity index is 353. The summed E-state index contributed by atoms with van der Waals surface area (Å²) in [6.45, 7) is 2.96. The zero-order valence-corrected chi connectivity index (χ0v) is 10.5. The van der Waals surface area contributed by atoms with Crippen LogP contribution < -0.4 is 5.32 Å². The van der Waals surface area contributed by atoms with E-state index in [2.05, 4.69) is 12.2 Å². The molecule has 2 rings (SSSR count). The second-order valence-corrected chi connectivity index (χ2v) is 4.89. The van der Waals surface area contributed by atoms with Crippen molar-refractivity contribution in [3.63, 3.8) is 0 Å². The van der Waals surface area contributed by atoms with Crippen molar-refractivity contribution in [2.75, 3.05) is 13.7 Å². The van der Waals surface area contributed by atoms with Gasteiger partial charge in [-0.05, 0) is 43.9 Å². The normalized spacial score (nSPS) is 19.7. The van der Waals surface area contributed by atoms with Gasteiger partial charge in [-0.3, -0.25) is 0 Å². The van der Waals surface area contributed by atoms with Crippen molar-refractivity contribution in [2.24, 2.45) is 0 Å². The second-order valence-electron chi connectivity index (χ2n) is 4.89. The van der Waals surface area contributed by atoms with Crippen LogP contribution in [-0.4, -0.2) is 19.3 Å². The molecule has 1 aromatic carbocycles. The molecule has 1 atom stereocenters. The largest absolute Gasteiger partial charge is 0.377 e. The van der Waals surface area contributed by atoms with Crippen molar-refractivity contribution in [2.45, 2.75) is 37.8 Å².